The molecule has 0 saturated heterocycles. The zero-order chi connectivity index (χ0) is 12.3. The summed E-state index contributed by atoms with van der Waals surface area (Å²) in [5.74, 6) is -0.786. The Morgan fingerprint density at radius 2 is 2.19 bits per heavy atom. The van der Waals surface area contributed by atoms with Crippen LogP contribution in [0.2, 0.25) is 10.2 Å². The lowest BCUT2D eigenvalue weighted by atomic mass is 10.2. The molecule has 0 amide bonds. The number of esters is 1. The maximum atomic E-state index is 12.3. The minimum atomic E-state index is -2.80. The fraction of sp³-hybridized carbons (Fsp3) is 0.333. The smallest absolute Gasteiger partial charge is 0.342 e. The molecule has 0 aliphatic carbocycles. The molecular formula is C9H7Cl2F2NO2. The minimum absolute atomic E-state index is 0.127. The average molecular weight is 270 g/mol. The molecule has 1 aromatic heterocycles. The molecule has 0 aliphatic rings. The number of hydrogen-bond acceptors (Lipinski definition) is 3. The van der Waals surface area contributed by atoms with Gasteiger partial charge in [0, 0.05) is 0 Å². The standard InChI is InChI=1S/C9H7Cl2F2NO2/c1-2-16-9(15)6-4(10)3-5(8(12)13)14-7(6)11/h3,8H,2H2,1H3. The minimum Gasteiger partial charge on any atom is -0.462 e. The summed E-state index contributed by atoms with van der Waals surface area (Å²) in [5, 5.41) is -0.588. The number of nitrogens with zero attached hydrogens (tertiary/aromatic N) is 1. The van der Waals surface area contributed by atoms with E-state index in [0.29, 0.717) is 0 Å². The maximum absolute atomic E-state index is 12.3. The number of rotatable bonds is 3. The molecular weight excluding hydrogens is 263 g/mol. The predicted molar refractivity (Wildman–Crippen MR) is 55.2 cm³/mol. The lowest BCUT2D eigenvalue weighted by Gasteiger charge is -2.07. The van der Waals surface area contributed by atoms with Gasteiger partial charge < -0.3 is 4.74 Å². The molecule has 1 aromatic rings. The Morgan fingerprint density at radius 1 is 1.56 bits per heavy atom. The van der Waals surface area contributed by atoms with Crippen LogP contribution in [0.25, 0.3) is 0 Å². The van der Waals surface area contributed by atoms with Crippen LogP contribution in [0.3, 0.4) is 0 Å². The van der Waals surface area contributed by atoms with Crippen molar-refractivity contribution in [2.45, 2.75) is 13.3 Å². The number of carbonyl (C=O) groups excluding carboxylic acids is 1. The van der Waals surface area contributed by atoms with E-state index in [0.717, 1.165) is 6.07 Å². The van der Waals surface area contributed by atoms with E-state index < -0.39 is 18.1 Å². The van der Waals surface area contributed by atoms with Gasteiger partial charge in [-0.25, -0.2) is 18.6 Å². The van der Waals surface area contributed by atoms with Crippen LogP contribution in [0.1, 0.15) is 29.4 Å². The normalized spacial score (nSPS) is 10.6. The van der Waals surface area contributed by atoms with Crippen molar-refractivity contribution in [3.05, 3.63) is 27.5 Å². The number of alkyl halides is 2. The summed E-state index contributed by atoms with van der Waals surface area (Å²) in [7, 11) is 0. The molecule has 3 nitrogen and oxygen atoms in total. The van der Waals surface area contributed by atoms with Gasteiger partial charge in [0.15, 0.2) is 0 Å². The Bertz CT molecular complexity index is 389. The summed E-state index contributed by atoms with van der Waals surface area (Å²) in [5.41, 5.74) is -0.780. The second kappa shape index (κ2) is 5.41. The van der Waals surface area contributed by atoms with E-state index >= 15 is 0 Å². The highest BCUT2D eigenvalue weighted by atomic mass is 35.5. The highest BCUT2D eigenvalue weighted by Crippen LogP contribution is 2.28. The molecule has 0 atom stereocenters. The largest absolute Gasteiger partial charge is 0.462 e. The third-order valence-corrected chi connectivity index (χ3v) is 2.22. The monoisotopic (exact) mass is 269 g/mol. The van der Waals surface area contributed by atoms with Gasteiger partial charge in [0.25, 0.3) is 6.43 Å². The summed E-state index contributed by atoms with van der Waals surface area (Å²) in [4.78, 5) is 14.7. The number of halogens is 4. The molecule has 0 N–H and O–H groups in total. The Morgan fingerprint density at radius 3 is 2.62 bits per heavy atom. The van der Waals surface area contributed by atoms with Crippen molar-refractivity contribution in [3.63, 3.8) is 0 Å². The van der Waals surface area contributed by atoms with Crippen LogP contribution in [0.5, 0.6) is 0 Å². The molecule has 0 aliphatic heterocycles. The highest BCUT2D eigenvalue weighted by molar-refractivity contribution is 6.38. The van der Waals surface area contributed by atoms with E-state index in [1.165, 1.54) is 0 Å². The van der Waals surface area contributed by atoms with Gasteiger partial charge in [0.1, 0.15) is 16.4 Å². The van der Waals surface area contributed by atoms with Gasteiger partial charge in [0.05, 0.1) is 11.6 Å². The highest BCUT2D eigenvalue weighted by Gasteiger charge is 2.21. The molecule has 0 fully saturated rings. The van der Waals surface area contributed by atoms with Crippen molar-refractivity contribution in [1.29, 1.82) is 0 Å². The van der Waals surface area contributed by atoms with Gasteiger partial charge in [-0.15, -0.1) is 0 Å². The summed E-state index contributed by atoms with van der Waals surface area (Å²) >= 11 is 11.2. The Hall–Kier alpha value is -0.940. The third-order valence-electron chi connectivity index (χ3n) is 1.65. The summed E-state index contributed by atoms with van der Waals surface area (Å²) < 4.78 is 29.3. The molecule has 7 heteroatoms. The molecule has 16 heavy (non-hydrogen) atoms. The summed E-state index contributed by atoms with van der Waals surface area (Å²) in [6, 6.07) is 0.893. The zero-order valence-corrected chi connectivity index (χ0v) is 9.65. The van der Waals surface area contributed by atoms with Crippen LogP contribution in [0.4, 0.5) is 8.78 Å². The fourth-order valence-electron chi connectivity index (χ4n) is 0.999. The van der Waals surface area contributed by atoms with E-state index in [2.05, 4.69) is 9.72 Å². The molecule has 0 spiro atoms. The Kier molecular flexibility index (Phi) is 4.44. The SMILES string of the molecule is CCOC(=O)c1c(Cl)cc(C(F)F)nc1Cl. The first-order valence-electron chi connectivity index (χ1n) is 4.28. The van der Waals surface area contributed by atoms with Crippen LogP contribution in [-0.4, -0.2) is 17.6 Å². The third kappa shape index (κ3) is 2.80. The number of ether oxygens (including phenoxy) is 1. The van der Waals surface area contributed by atoms with Crippen molar-refractivity contribution in [2.75, 3.05) is 6.61 Å². The van der Waals surface area contributed by atoms with Crippen molar-refractivity contribution >= 4 is 29.2 Å². The van der Waals surface area contributed by atoms with Crippen LogP contribution >= 0.6 is 23.2 Å². The van der Waals surface area contributed by atoms with Crippen LogP contribution in [0, 0.1) is 0 Å². The second-order valence-electron chi connectivity index (χ2n) is 2.72. The quantitative estimate of drug-likeness (QED) is 0.623. The van der Waals surface area contributed by atoms with Gasteiger partial charge in [-0.2, -0.15) is 0 Å². The van der Waals surface area contributed by atoms with Crippen molar-refractivity contribution < 1.29 is 18.3 Å². The predicted octanol–water partition coefficient (Wildman–Crippen LogP) is 3.50. The molecule has 0 saturated carbocycles. The van der Waals surface area contributed by atoms with E-state index in [4.69, 9.17) is 23.2 Å². The molecule has 1 rings (SSSR count). The van der Waals surface area contributed by atoms with Crippen molar-refractivity contribution in [3.8, 4) is 0 Å². The fourth-order valence-corrected chi connectivity index (χ4v) is 1.60. The van der Waals surface area contributed by atoms with Gasteiger partial charge in [0.2, 0.25) is 0 Å². The van der Waals surface area contributed by atoms with Gasteiger partial charge in [-0.1, -0.05) is 23.2 Å². The van der Waals surface area contributed by atoms with E-state index in [1.54, 1.807) is 6.92 Å². The lowest BCUT2D eigenvalue weighted by Crippen LogP contribution is -2.08. The van der Waals surface area contributed by atoms with Gasteiger partial charge in [-0.3, -0.25) is 0 Å². The van der Waals surface area contributed by atoms with Crippen molar-refractivity contribution in [1.82, 2.24) is 4.98 Å². The van der Waals surface area contributed by atoms with Crippen LogP contribution in [-0.2, 0) is 4.74 Å². The lowest BCUT2D eigenvalue weighted by molar-refractivity contribution is 0.0525. The summed E-state index contributed by atoms with van der Waals surface area (Å²) in [6.45, 7) is 1.72. The molecule has 0 radical (unpaired) electrons. The van der Waals surface area contributed by atoms with Gasteiger partial charge >= 0.3 is 5.97 Å². The Labute approximate surface area is 100 Å². The summed E-state index contributed by atoms with van der Waals surface area (Å²) in [6.07, 6.45) is -2.80. The van der Waals surface area contributed by atoms with E-state index in [9.17, 15) is 13.6 Å². The molecule has 0 bridgehead atoms. The number of pyridine rings is 1. The molecule has 0 unspecified atom stereocenters. The Balaban J connectivity index is 3.17. The molecule has 88 valence electrons. The van der Waals surface area contributed by atoms with Gasteiger partial charge in [-0.05, 0) is 13.0 Å². The first-order valence-corrected chi connectivity index (χ1v) is 5.04. The number of hydrogen-bond donors (Lipinski definition) is 0. The maximum Gasteiger partial charge on any atom is 0.342 e. The van der Waals surface area contributed by atoms with E-state index in [1.807, 2.05) is 0 Å². The number of aromatic nitrogens is 1. The average Bonchev–Trinajstić information content (AvgIpc) is 2.16. The second-order valence-corrected chi connectivity index (χ2v) is 3.48. The van der Waals surface area contributed by atoms with Crippen molar-refractivity contribution in [2.24, 2.45) is 0 Å². The number of carbonyl (C=O) groups is 1. The molecule has 0 aromatic carbocycles. The van der Waals surface area contributed by atoms with Crippen LogP contribution < -0.4 is 0 Å². The first kappa shape index (κ1) is 13.1. The van der Waals surface area contributed by atoms with E-state index in [-0.39, 0.29) is 22.3 Å². The zero-order valence-electron chi connectivity index (χ0n) is 8.14. The first-order chi connectivity index (χ1) is 7.47. The molecule has 1 heterocycles. The topological polar surface area (TPSA) is 39.2 Å². The van der Waals surface area contributed by atoms with Crippen LogP contribution in [0.15, 0.2) is 6.07 Å².